The smallest absolute Gasteiger partial charge is 0.320 e. The highest BCUT2D eigenvalue weighted by Crippen LogP contribution is 2.31. The number of nitrogens with zero attached hydrogens (tertiary/aromatic N) is 10. The number of rotatable bonds is 4. The van der Waals surface area contributed by atoms with Crippen molar-refractivity contribution < 1.29 is 9.53 Å². The maximum absolute atomic E-state index is 12.9. The molecular weight excluding hydrogens is 484 g/mol. The first kappa shape index (κ1) is 23.9. The van der Waals surface area contributed by atoms with Crippen molar-refractivity contribution in [3.8, 4) is 28.5 Å². The molecule has 1 atom stereocenters. The van der Waals surface area contributed by atoms with Gasteiger partial charge in [0.2, 0.25) is 0 Å². The lowest BCUT2D eigenvalue weighted by Gasteiger charge is -2.37. The van der Waals surface area contributed by atoms with Gasteiger partial charge in [0.15, 0.2) is 0 Å². The zero-order valence-electron chi connectivity index (χ0n) is 21.4. The number of aryl methyl sites for hydroxylation is 1. The highest BCUT2D eigenvalue weighted by molar-refractivity contribution is 5.86. The molecule has 2 aliphatic heterocycles. The van der Waals surface area contributed by atoms with Crippen LogP contribution in [0.5, 0.6) is 0 Å². The third kappa shape index (κ3) is 4.31. The van der Waals surface area contributed by atoms with Gasteiger partial charge in [0.1, 0.15) is 11.9 Å². The Labute approximate surface area is 219 Å². The van der Waals surface area contributed by atoms with Gasteiger partial charge in [-0.2, -0.15) is 15.5 Å². The van der Waals surface area contributed by atoms with Gasteiger partial charge < -0.3 is 19.4 Å². The van der Waals surface area contributed by atoms with Crippen LogP contribution >= 0.6 is 0 Å². The van der Waals surface area contributed by atoms with Crippen molar-refractivity contribution in [1.29, 1.82) is 5.26 Å². The summed E-state index contributed by atoms with van der Waals surface area (Å²) in [6.07, 6.45) is 11.7. The number of hydrogen-bond donors (Lipinski definition) is 0. The van der Waals surface area contributed by atoms with Crippen LogP contribution in [0.4, 0.5) is 10.6 Å². The zero-order valence-corrected chi connectivity index (χ0v) is 21.4. The predicted octanol–water partition coefficient (Wildman–Crippen LogP) is 2.03. The molecule has 0 unspecified atom stereocenters. The number of nitriles is 1. The van der Waals surface area contributed by atoms with Crippen molar-refractivity contribution in [2.24, 2.45) is 7.05 Å². The predicted molar refractivity (Wildman–Crippen MR) is 139 cm³/mol. The number of hydrogen-bond acceptors (Lipinski definition) is 8. The molecule has 2 saturated heterocycles. The summed E-state index contributed by atoms with van der Waals surface area (Å²) in [6.45, 7) is 4.02. The fraction of sp³-hybridized carbons (Fsp3) is 0.385. The van der Waals surface area contributed by atoms with E-state index < -0.39 is 0 Å². The number of likely N-dealkylation sites (tertiary alicyclic amines) is 1. The van der Waals surface area contributed by atoms with Gasteiger partial charge in [-0.05, 0) is 12.5 Å². The molecule has 0 aliphatic carbocycles. The molecule has 0 saturated carbocycles. The van der Waals surface area contributed by atoms with E-state index in [9.17, 15) is 10.1 Å². The summed E-state index contributed by atoms with van der Waals surface area (Å²) in [6, 6.07) is 4.30. The summed E-state index contributed by atoms with van der Waals surface area (Å²) in [7, 11) is 3.56. The number of fused-ring (bicyclic) bond motifs is 1. The summed E-state index contributed by atoms with van der Waals surface area (Å²) in [5.74, 6) is 0.759. The molecular formula is C26H28N10O2. The van der Waals surface area contributed by atoms with E-state index in [0.29, 0.717) is 49.5 Å². The first-order valence-corrected chi connectivity index (χ1v) is 12.6. The standard InChI is InChI=1S/C26H28N10O2/c1-32-15-20(12-30-32)18-9-22(25-19(10-27)11-31-36(25)16-18)23-13-29-24(14-28-23)33-5-7-34(8-6-33)26(37)35-4-3-21(17-35)38-2/h9,11-16,21H,3-8,17H2,1-2H3/t21-/m0/s1. The van der Waals surface area contributed by atoms with E-state index in [1.807, 2.05) is 35.3 Å². The molecule has 0 spiro atoms. The molecule has 0 N–H and O–H groups in total. The Hall–Kier alpha value is -4.50. The highest BCUT2D eigenvalue weighted by atomic mass is 16.5. The molecule has 4 aromatic rings. The quantitative estimate of drug-likeness (QED) is 0.407. The van der Waals surface area contributed by atoms with E-state index in [4.69, 9.17) is 14.7 Å². The van der Waals surface area contributed by atoms with Crippen LogP contribution < -0.4 is 4.90 Å². The van der Waals surface area contributed by atoms with Gasteiger partial charge in [-0.1, -0.05) is 0 Å². The van der Waals surface area contributed by atoms with Crippen molar-refractivity contribution >= 4 is 17.4 Å². The molecule has 194 valence electrons. The van der Waals surface area contributed by atoms with Crippen molar-refractivity contribution in [3.05, 3.63) is 48.8 Å². The molecule has 0 aromatic carbocycles. The van der Waals surface area contributed by atoms with E-state index >= 15 is 0 Å². The molecule has 2 amide bonds. The second-order valence-electron chi connectivity index (χ2n) is 9.62. The fourth-order valence-electron chi connectivity index (χ4n) is 5.17. The Balaban J connectivity index is 1.21. The highest BCUT2D eigenvalue weighted by Gasteiger charge is 2.31. The molecule has 2 aliphatic rings. The van der Waals surface area contributed by atoms with Crippen LogP contribution in [-0.4, -0.2) is 97.7 Å². The third-order valence-corrected chi connectivity index (χ3v) is 7.31. The van der Waals surface area contributed by atoms with E-state index in [0.717, 1.165) is 35.5 Å². The number of urea groups is 1. The molecule has 12 nitrogen and oxygen atoms in total. The Kier molecular flexibility index (Phi) is 6.13. The van der Waals surface area contributed by atoms with Gasteiger partial charge in [0.05, 0.1) is 47.7 Å². The van der Waals surface area contributed by atoms with Gasteiger partial charge in [-0.15, -0.1) is 0 Å². The molecule has 2 fully saturated rings. The molecule has 4 aromatic heterocycles. The van der Waals surface area contributed by atoms with Gasteiger partial charge in [0.25, 0.3) is 0 Å². The molecule has 6 heterocycles. The molecule has 12 heteroatoms. The number of carbonyl (C=O) groups excluding carboxylic acids is 1. The topological polar surface area (TPSA) is 121 Å². The molecule has 0 radical (unpaired) electrons. The lowest BCUT2D eigenvalue weighted by atomic mass is 10.0. The summed E-state index contributed by atoms with van der Waals surface area (Å²) >= 11 is 0. The maximum Gasteiger partial charge on any atom is 0.320 e. The average Bonchev–Trinajstić information content (AvgIpc) is 3.72. The summed E-state index contributed by atoms with van der Waals surface area (Å²) in [5, 5.41) is 18.3. The lowest BCUT2D eigenvalue weighted by molar-refractivity contribution is 0.105. The molecule has 6 rings (SSSR count). The van der Waals surface area contributed by atoms with Gasteiger partial charge in [0, 0.05) is 82.5 Å². The van der Waals surface area contributed by atoms with Crippen LogP contribution in [0.3, 0.4) is 0 Å². The Morgan fingerprint density at radius 1 is 1.00 bits per heavy atom. The number of aromatic nitrogens is 6. The number of pyridine rings is 1. The summed E-state index contributed by atoms with van der Waals surface area (Å²) in [4.78, 5) is 28.2. The van der Waals surface area contributed by atoms with Crippen LogP contribution in [0, 0.1) is 11.3 Å². The van der Waals surface area contributed by atoms with E-state index in [2.05, 4.69) is 21.2 Å². The third-order valence-electron chi connectivity index (χ3n) is 7.31. The maximum atomic E-state index is 12.9. The van der Waals surface area contributed by atoms with E-state index in [-0.39, 0.29) is 12.1 Å². The minimum absolute atomic E-state index is 0.0808. The molecule has 0 bridgehead atoms. The van der Waals surface area contributed by atoms with Gasteiger partial charge in [-0.3, -0.25) is 9.67 Å². The SMILES string of the molecule is CO[C@H]1CCN(C(=O)N2CCN(c3cnc(-c4cc(-c5cnn(C)c5)cn5ncc(C#N)c45)cn3)CC2)C1. The fourth-order valence-corrected chi connectivity index (χ4v) is 5.17. The van der Waals surface area contributed by atoms with Gasteiger partial charge in [-0.25, -0.2) is 14.3 Å². The zero-order chi connectivity index (χ0) is 26.2. The Morgan fingerprint density at radius 2 is 1.84 bits per heavy atom. The van der Waals surface area contributed by atoms with E-state index in [1.54, 1.807) is 41.1 Å². The Bertz CT molecular complexity index is 1510. The average molecular weight is 513 g/mol. The number of ether oxygens (including phenoxy) is 1. The van der Waals surface area contributed by atoms with Crippen molar-refractivity contribution in [2.75, 3.05) is 51.3 Å². The van der Waals surface area contributed by atoms with Crippen LogP contribution in [0.2, 0.25) is 0 Å². The van der Waals surface area contributed by atoms with Crippen LogP contribution in [-0.2, 0) is 11.8 Å². The normalized spacial score (nSPS) is 17.8. The molecule has 38 heavy (non-hydrogen) atoms. The van der Waals surface area contributed by atoms with Crippen LogP contribution in [0.1, 0.15) is 12.0 Å². The first-order chi connectivity index (χ1) is 18.5. The number of amides is 2. The van der Waals surface area contributed by atoms with E-state index in [1.165, 1.54) is 0 Å². The van der Waals surface area contributed by atoms with Crippen molar-refractivity contribution in [2.45, 2.75) is 12.5 Å². The minimum atomic E-state index is 0.0808. The van der Waals surface area contributed by atoms with Crippen molar-refractivity contribution in [1.82, 2.24) is 39.2 Å². The second-order valence-corrected chi connectivity index (χ2v) is 9.62. The Morgan fingerprint density at radius 3 is 2.50 bits per heavy atom. The van der Waals surface area contributed by atoms with Crippen LogP contribution in [0.25, 0.3) is 27.9 Å². The first-order valence-electron chi connectivity index (χ1n) is 12.6. The second kappa shape index (κ2) is 9.75. The monoisotopic (exact) mass is 512 g/mol. The number of carbonyl (C=O) groups is 1. The largest absolute Gasteiger partial charge is 0.380 e. The minimum Gasteiger partial charge on any atom is -0.380 e. The van der Waals surface area contributed by atoms with Crippen molar-refractivity contribution in [3.63, 3.8) is 0 Å². The summed E-state index contributed by atoms with van der Waals surface area (Å²) < 4.78 is 8.85. The van der Waals surface area contributed by atoms with Crippen LogP contribution in [0.15, 0.2) is 43.2 Å². The number of anilines is 1. The van der Waals surface area contributed by atoms with Gasteiger partial charge >= 0.3 is 6.03 Å². The number of piperazine rings is 1. The lowest BCUT2D eigenvalue weighted by Crippen LogP contribution is -2.52. The number of methoxy groups -OCH3 is 1. The summed E-state index contributed by atoms with van der Waals surface area (Å²) in [5.41, 5.74) is 4.43.